The van der Waals surface area contributed by atoms with Crippen LogP contribution in [0.5, 0.6) is 0 Å². The highest BCUT2D eigenvalue weighted by atomic mass is 35.5. The van der Waals surface area contributed by atoms with Gasteiger partial charge in [-0.05, 0) is 55.5 Å². The van der Waals surface area contributed by atoms with Gasteiger partial charge in [-0.2, -0.15) is 0 Å². The third-order valence-corrected chi connectivity index (χ3v) is 7.55. The smallest absolute Gasteiger partial charge is 0.335 e. The first-order chi connectivity index (χ1) is 16.4. The van der Waals surface area contributed by atoms with E-state index in [1.165, 1.54) is 11.6 Å². The zero-order valence-corrected chi connectivity index (χ0v) is 21.9. The molecule has 0 saturated heterocycles. The minimum Gasteiger partial charge on any atom is -0.478 e. The van der Waals surface area contributed by atoms with Crippen molar-refractivity contribution >= 4 is 48.3 Å². The Bertz CT molecular complexity index is 1260. The van der Waals surface area contributed by atoms with Gasteiger partial charge in [-0.1, -0.05) is 35.9 Å². The summed E-state index contributed by atoms with van der Waals surface area (Å²) in [7, 11) is 0. The predicted molar refractivity (Wildman–Crippen MR) is 142 cm³/mol. The number of nitrogens with two attached hydrogens (primary N) is 1. The van der Waals surface area contributed by atoms with Crippen LogP contribution in [0.4, 0.5) is 0 Å². The van der Waals surface area contributed by atoms with E-state index in [4.69, 9.17) is 17.3 Å². The van der Waals surface area contributed by atoms with Crippen LogP contribution in [-0.4, -0.2) is 55.8 Å². The van der Waals surface area contributed by atoms with Gasteiger partial charge in [0.1, 0.15) is 0 Å². The fourth-order valence-electron chi connectivity index (χ4n) is 5.36. The number of aromatic carboxylic acids is 1. The summed E-state index contributed by atoms with van der Waals surface area (Å²) in [5.74, 6) is -0.330. The lowest BCUT2D eigenvalue weighted by Crippen LogP contribution is -2.50. The quantitative estimate of drug-likeness (QED) is 0.484. The molecule has 8 nitrogen and oxygen atoms in total. The van der Waals surface area contributed by atoms with E-state index in [0.29, 0.717) is 41.9 Å². The van der Waals surface area contributed by atoms with E-state index >= 15 is 0 Å². The Kier molecular flexibility index (Phi) is 8.67. The highest BCUT2D eigenvalue weighted by Crippen LogP contribution is 2.41. The number of carbonyl (C=O) groups excluding carboxylic acids is 1. The lowest BCUT2D eigenvalue weighted by atomic mass is 9.68. The molecule has 3 aromatic rings. The Hall–Kier alpha value is -2.65. The van der Waals surface area contributed by atoms with Crippen molar-refractivity contribution in [1.29, 1.82) is 0 Å². The number of fused-ring (bicyclic) bond motifs is 1. The monoisotopic (exact) mass is 551 g/mol. The predicted octanol–water partition coefficient (Wildman–Crippen LogP) is 4.44. The standard InChI is InChI=1S/C25H26ClN5O3.2ClH/c26-19-6-2-5-18(14-19)25(15-27)9-7-20(8-10-25)30-11-12-31-21(28-29-22(31)23(30)32)16-3-1-4-17(13-16)24(33)34;;/h1-6,13-14,20H,7-12,15,27H2,(H,33,34);2*1H. The number of amides is 1. The lowest BCUT2D eigenvalue weighted by Gasteiger charge is -2.44. The third-order valence-electron chi connectivity index (χ3n) is 7.32. The average Bonchev–Trinajstić information content (AvgIpc) is 3.30. The molecule has 0 spiro atoms. The van der Waals surface area contributed by atoms with Crippen LogP contribution >= 0.6 is 36.4 Å². The molecule has 3 N–H and O–H groups in total. The van der Waals surface area contributed by atoms with Crippen LogP contribution in [0.3, 0.4) is 0 Å². The van der Waals surface area contributed by atoms with Gasteiger partial charge >= 0.3 is 5.97 Å². The molecule has 2 heterocycles. The Balaban J connectivity index is 0.00000180. The summed E-state index contributed by atoms with van der Waals surface area (Å²) in [5, 5.41) is 18.4. The molecule has 1 aliphatic carbocycles. The summed E-state index contributed by atoms with van der Waals surface area (Å²) in [4.78, 5) is 26.6. The Morgan fingerprint density at radius 1 is 1.06 bits per heavy atom. The number of halogens is 3. The van der Waals surface area contributed by atoms with Crippen LogP contribution in [0.2, 0.25) is 5.02 Å². The second-order valence-corrected chi connectivity index (χ2v) is 9.55. The average molecular weight is 553 g/mol. The van der Waals surface area contributed by atoms with Gasteiger partial charge in [0.05, 0.1) is 5.56 Å². The molecule has 0 atom stereocenters. The van der Waals surface area contributed by atoms with Crippen LogP contribution in [-0.2, 0) is 12.0 Å². The van der Waals surface area contributed by atoms with Crippen molar-refractivity contribution < 1.29 is 14.7 Å². The molecule has 1 fully saturated rings. The highest BCUT2D eigenvalue weighted by molar-refractivity contribution is 6.30. The fourth-order valence-corrected chi connectivity index (χ4v) is 5.55. The summed E-state index contributed by atoms with van der Waals surface area (Å²) in [6.07, 6.45) is 3.49. The van der Waals surface area contributed by atoms with Crippen LogP contribution in [0.1, 0.15) is 52.2 Å². The molecule has 0 bridgehead atoms. The van der Waals surface area contributed by atoms with Crippen molar-refractivity contribution in [2.24, 2.45) is 5.73 Å². The zero-order valence-electron chi connectivity index (χ0n) is 19.5. The largest absolute Gasteiger partial charge is 0.478 e. The van der Waals surface area contributed by atoms with Crippen molar-refractivity contribution in [1.82, 2.24) is 19.7 Å². The number of rotatable bonds is 5. The van der Waals surface area contributed by atoms with Crippen molar-refractivity contribution in [2.75, 3.05) is 13.1 Å². The number of carboxylic acids is 1. The van der Waals surface area contributed by atoms with Crippen molar-refractivity contribution in [3.05, 3.63) is 70.5 Å². The topological polar surface area (TPSA) is 114 Å². The minimum absolute atomic E-state index is 0. The van der Waals surface area contributed by atoms with Gasteiger partial charge in [-0.25, -0.2) is 4.79 Å². The van der Waals surface area contributed by atoms with E-state index in [1.54, 1.807) is 22.8 Å². The van der Waals surface area contributed by atoms with Crippen LogP contribution in [0.25, 0.3) is 11.4 Å². The van der Waals surface area contributed by atoms with Crippen LogP contribution < -0.4 is 5.73 Å². The summed E-state index contributed by atoms with van der Waals surface area (Å²) < 4.78 is 1.79. The first-order valence-corrected chi connectivity index (χ1v) is 11.8. The third kappa shape index (κ3) is 4.95. The number of benzene rings is 2. The molecule has 36 heavy (non-hydrogen) atoms. The molecule has 1 amide bonds. The number of carbonyl (C=O) groups is 2. The lowest BCUT2D eigenvalue weighted by molar-refractivity contribution is 0.0523. The summed E-state index contributed by atoms with van der Waals surface area (Å²) in [6.45, 7) is 1.67. The van der Waals surface area contributed by atoms with E-state index in [1.807, 2.05) is 23.1 Å². The van der Waals surface area contributed by atoms with E-state index in [-0.39, 0.29) is 47.7 Å². The van der Waals surface area contributed by atoms with Crippen LogP contribution in [0, 0.1) is 0 Å². The maximum atomic E-state index is 13.3. The zero-order chi connectivity index (χ0) is 23.9. The summed E-state index contributed by atoms with van der Waals surface area (Å²) in [6, 6.07) is 14.6. The molecule has 1 aromatic heterocycles. The Labute approximate surface area is 226 Å². The van der Waals surface area contributed by atoms with Crippen molar-refractivity contribution in [3.8, 4) is 11.4 Å². The van der Waals surface area contributed by atoms with Crippen LogP contribution in [0.15, 0.2) is 48.5 Å². The second-order valence-electron chi connectivity index (χ2n) is 9.11. The fraction of sp³-hybridized carbons (Fsp3) is 0.360. The molecule has 0 unspecified atom stereocenters. The van der Waals surface area contributed by atoms with E-state index < -0.39 is 5.97 Å². The van der Waals surface area contributed by atoms with Gasteiger partial charge < -0.3 is 20.3 Å². The molecule has 2 aromatic carbocycles. The maximum absolute atomic E-state index is 13.3. The SMILES string of the molecule is Cl.Cl.NCC1(c2cccc(Cl)c2)CCC(N2CCn3c(nnc3-c3cccc(C(=O)O)c3)C2=O)CC1. The van der Waals surface area contributed by atoms with Crippen molar-refractivity contribution in [3.63, 3.8) is 0 Å². The number of carboxylic acid groups (broad SMARTS) is 1. The molecular weight excluding hydrogens is 525 g/mol. The Morgan fingerprint density at radius 2 is 1.75 bits per heavy atom. The molecule has 5 rings (SSSR count). The van der Waals surface area contributed by atoms with Crippen molar-refractivity contribution in [2.45, 2.75) is 43.7 Å². The first-order valence-electron chi connectivity index (χ1n) is 11.5. The normalized spacial score (nSPS) is 21.2. The van der Waals surface area contributed by atoms with Gasteiger partial charge in [-0.3, -0.25) is 4.79 Å². The second kappa shape index (κ2) is 11.2. The minimum atomic E-state index is -1.01. The Morgan fingerprint density at radius 3 is 2.42 bits per heavy atom. The first kappa shape index (κ1) is 27.9. The summed E-state index contributed by atoms with van der Waals surface area (Å²) >= 11 is 6.23. The number of aromatic nitrogens is 3. The van der Waals surface area contributed by atoms with E-state index in [9.17, 15) is 14.7 Å². The van der Waals surface area contributed by atoms with E-state index in [2.05, 4.69) is 16.3 Å². The number of nitrogens with zero attached hydrogens (tertiary/aromatic N) is 4. The molecule has 1 saturated carbocycles. The number of hydrogen-bond donors (Lipinski definition) is 2. The summed E-state index contributed by atoms with van der Waals surface area (Å²) in [5.41, 5.74) is 8.08. The van der Waals surface area contributed by atoms with Gasteiger partial charge in [0.15, 0.2) is 5.82 Å². The molecule has 192 valence electrons. The molecule has 11 heteroatoms. The van der Waals surface area contributed by atoms with Gasteiger partial charge in [0, 0.05) is 41.7 Å². The number of hydrogen-bond acceptors (Lipinski definition) is 5. The molecule has 0 radical (unpaired) electrons. The highest BCUT2D eigenvalue weighted by Gasteiger charge is 2.40. The maximum Gasteiger partial charge on any atom is 0.335 e. The molecular formula is C25H28Cl3N5O3. The van der Waals surface area contributed by atoms with E-state index in [0.717, 1.165) is 25.7 Å². The van der Waals surface area contributed by atoms with Gasteiger partial charge in [0.2, 0.25) is 5.82 Å². The van der Waals surface area contributed by atoms with Gasteiger partial charge in [0.25, 0.3) is 5.91 Å². The molecule has 1 aliphatic heterocycles. The molecule has 2 aliphatic rings. The van der Waals surface area contributed by atoms with Gasteiger partial charge in [-0.15, -0.1) is 35.0 Å².